The van der Waals surface area contributed by atoms with Crippen LogP contribution in [0.25, 0.3) is 11.4 Å². The first-order valence-electron chi connectivity index (χ1n) is 7.14. The van der Waals surface area contributed by atoms with Gasteiger partial charge in [0.15, 0.2) is 0 Å². The zero-order valence-corrected chi connectivity index (χ0v) is 12.9. The van der Waals surface area contributed by atoms with E-state index in [0.717, 1.165) is 22.6 Å². The van der Waals surface area contributed by atoms with E-state index in [9.17, 15) is 0 Å². The number of rotatable bonds is 6. The summed E-state index contributed by atoms with van der Waals surface area (Å²) in [5.74, 6) is 2.12. The van der Waals surface area contributed by atoms with Gasteiger partial charge >= 0.3 is 6.01 Å². The van der Waals surface area contributed by atoms with Gasteiger partial charge in [0.2, 0.25) is 5.82 Å². The molecular formula is C17H17N3O3. The average Bonchev–Trinajstić information content (AvgIpc) is 3.09. The lowest BCUT2D eigenvalue weighted by Crippen LogP contribution is -2.01. The van der Waals surface area contributed by atoms with Gasteiger partial charge in [-0.3, -0.25) is 0 Å². The summed E-state index contributed by atoms with van der Waals surface area (Å²) in [5.41, 5.74) is 1.87. The van der Waals surface area contributed by atoms with E-state index in [2.05, 4.69) is 15.5 Å². The van der Waals surface area contributed by atoms with Crippen LogP contribution in [0.1, 0.15) is 5.56 Å². The van der Waals surface area contributed by atoms with Gasteiger partial charge in [0.05, 0.1) is 14.2 Å². The number of ether oxygens (including phenoxy) is 2. The minimum atomic E-state index is 0.363. The van der Waals surface area contributed by atoms with E-state index < -0.39 is 0 Å². The third-order valence-corrected chi connectivity index (χ3v) is 3.40. The average molecular weight is 311 g/mol. The van der Waals surface area contributed by atoms with Crippen LogP contribution in [0.15, 0.2) is 53.1 Å². The van der Waals surface area contributed by atoms with Crippen molar-refractivity contribution < 1.29 is 14.0 Å². The Morgan fingerprint density at radius 2 is 1.78 bits per heavy atom. The summed E-state index contributed by atoms with van der Waals surface area (Å²) in [6.45, 7) is 0.536. The smallest absolute Gasteiger partial charge is 0.322 e. The van der Waals surface area contributed by atoms with E-state index in [0.29, 0.717) is 18.4 Å². The van der Waals surface area contributed by atoms with Crippen LogP contribution in [0.4, 0.5) is 6.01 Å². The van der Waals surface area contributed by atoms with E-state index in [1.54, 1.807) is 14.2 Å². The second kappa shape index (κ2) is 6.83. The van der Waals surface area contributed by atoms with Gasteiger partial charge in [0.1, 0.15) is 11.5 Å². The van der Waals surface area contributed by atoms with Crippen molar-refractivity contribution in [2.24, 2.45) is 0 Å². The molecule has 2 aromatic carbocycles. The molecule has 1 aromatic heterocycles. The molecule has 6 nitrogen and oxygen atoms in total. The third-order valence-electron chi connectivity index (χ3n) is 3.40. The largest absolute Gasteiger partial charge is 0.497 e. The highest BCUT2D eigenvalue weighted by molar-refractivity contribution is 5.56. The van der Waals surface area contributed by atoms with Crippen molar-refractivity contribution in [3.8, 4) is 22.9 Å². The SMILES string of the molecule is COc1ccc(-c2noc(NCc3ccccc3OC)n2)cc1. The summed E-state index contributed by atoms with van der Waals surface area (Å²) in [7, 11) is 3.27. The number of methoxy groups -OCH3 is 2. The number of hydrogen-bond acceptors (Lipinski definition) is 6. The minimum absolute atomic E-state index is 0.363. The standard InChI is InChI=1S/C17H17N3O3/c1-21-14-9-7-12(8-10-14)16-19-17(23-20-16)18-11-13-5-3-4-6-15(13)22-2/h3-10H,11H2,1-2H3,(H,18,19,20). The third kappa shape index (κ3) is 3.42. The van der Waals surface area contributed by atoms with Crippen LogP contribution >= 0.6 is 0 Å². The zero-order chi connectivity index (χ0) is 16.1. The van der Waals surface area contributed by atoms with Crippen LogP contribution in [0, 0.1) is 0 Å². The first-order chi connectivity index (χ1) is 11.3. The Hall–Kier alpha value is -3.02. The number of hydrogen-bond donors (Lipinski definition) is 1. The fourth-order valence-corrected chi connectivity index (χ4v) is 2.17. The number of benzene rings is 2. The fraction of sp³-hybridized carbons (Fsp3) is 0.176. The molecule has 0 fully saturated rings. The van der Waals surface area contributed by atoms with Crippen molar-refractivity contribution in [2.45, 2.75) is 6.54 Å². The molecule has 0 atom stereocenters. The Morgan fingerprint density at radius 3 is 2.52 bits per heavy atom. The predicted molar refractivity (Wildman–Crippen MR) is 86.6 cm³/mol. The monoisotopic (exact) mass is 311 g/mol. The van der Waals surface area contributed by atoms with Crippen LogP contribution < -0.4 is 14.8 Å². The molecule has 1 heterocycles. The zero-order valence-electron chi connectivity index (χ0n) is 12.9. The van der Waals surface area contributed by atoms with Crippen LogP contribution in [0.3, 0.4) is 0 Å². The van der Waals surface area contributed by atoms with Gasteiger partial charge in [0, 0.05) is 17.7 Å². The molecule has 0 amide bonds. The quantitative estimate of drug-likeness (QED) is 0.752. The molecule has 23 heavy (non-hydrogen) atoms. The van der Waals surface area contributed by atoms with Crippen molar-refractivity contribution in [1.29, 1.82) is 0 Å². The van der Waals surface area contributed by atoms with E-state index >= 15 is 0 Å². The molecule has 6 heteroatoms. The molecule has 0 radical (unpaired) electrons. The Labute approximate surface area is 134 Å². The summed E-state index contributed by atoms with van der Waals surface area (Å²) in [5, 5.41) is 7.08. The Balaban J connectivity index is 1.69. The lowest BCUT2D eigenvalue weighted by atomic mass is 10.2. The van der Waals surface area contributed by atoms with Crippen molar-refractivity contribution >= 4 is 6.01 Å². The van der Waals surface area contributed by atoms with Crippen LogP contribution in [0.5, 0.6) is 11.5 Å². The lowest BCUT2D eigenvalue weighted by Gasteiger charge is -2.07. The molecule has 1 N–H and O–H groups in total. The molecule has 0 saturated carbocycles. The number of nitrogens with one attached hydrogen (secondary N) is 1. The molecule has 0 aliphatic rings. The number of aromatic nitrogens is 2. The molecule has 3 rings (SSSR count). The molecule has 3 aromatic rings. The van der Waals surface area contributed by atoms with E-state index in [-0.39, 0.29) is 0 Å². The van der Waals surface area contributed by atoms with Crippen LogP contribution in [-0.4, -0.2) is 24.4 Å². The number of anilines is 1. The molecule has 0 bridgehead atoms. The van der Waals surface area contributed by atoms with E-state index in [1.165, 1.54) is 0 Å². The van der Waals surface area contributed by atoms with Crippen molar-refractivity contribution in [3.05, 3.63) is 54.1 Å². The Morgan fingerprint density at radius 1 is 1.00 bits per heavy atom. The summed E-state index contributed by atoms with van der Waals surface area (Å²) >= 11 is 0. The summed E-state index contributed by atoms with van der Waals surface area (Å²) in [6.07, 6.45) is 0. The lowest BCUT2D eigenvalue weighted by molar-refractivity contribution is 0.409. The molecule has 0 spiro atoms. The maximum absolute atomic E-state index is 5.31. The summed E-state index contributed by atoms with van der Waals surface area (Å²) < 4.78 is 15.7. The molecule has 0 unspecified atom stereocenters. The fourth-order valence-electron chi connectivity index (χ4n) is 2.17. The van der Waals surface area contributed by atoms with Crippen LogP contribution in [-0.2, 0) is 6.54 Å². The van der Waals surface area contributed by atoms with Gasteiger partial charge in [-0.1, -0.05) is 23.4 Å². The predicted octanol–water partition coefficient (Wildman–Crippen LogP) is 3.37. The highest BCUT2D eigenvalue weighted by atomic mass is 16.5. The second-order valence-electron chi connectivity index (χ2n) is 4.82. The maximum atomic E-state index is 5.31. The number of para-hydroxylation sites is 1. The molecule has 0 saturated heterocycles. The van der Waals surface area contributed by atoms with Crippen molar-refractivity contribution in [2.75, 3.05) is 19.5 Å². The highest BCUT2D eigenvalue weighted by Gasteiger charge is 2.09. The minimum Gasteiger partial charge on any atom is -0.497 e. The van der Waals surface area contributed by atoms with Gasteiger partial charge in [-0.15, -0.1) is 0 Å². The Bertz CT molecular complexity index is 769. The molecular weight excluding hydrogens is 294 g/mol. The van der Waals surface area contributed by atoms with Crippen molar-refractivity contribution in [1.82, 2.24) is 10.1 Å². The number of nitrogens with zero attached hydrogens (tertiary/aromatic N) is 2. The van der Waals surface area contributed by atoms with Crippen LogP contribution in [0.2, 0.25) is 0 Å². The molecule has 0 aliphatic carbocycles. The van der Waals surface area contributed by atoms with E-state index in [1.807, 2.05) is 48.5 Å². The highest BCUT2D eigenvalue weighted by Crippen LogP contribution is 2.22. The Kier molecular flexibility index (Phi) is 4.42. The molecule has 118 valence electrons. The maximum Gasteiger partial charge on any atom is 0.322 e. The van der Waals surface area contributed by atoms with Gasteiger partial charge in [0.25, 0.3) is 0 Å². The molecule has 0 aliphatic heterocycles. The summed E-state index contributed by atoms with van der Waals surface area (Å²) in [4.78, 5) is 4.34. The van der Waals surface area contributed by atoms with Gasteiger partial charge < -0.3 is 19.3 Å². The first kappa shape index (κ1) is 14.9. The second-order valence-corrected chi connectivity index (χ2v) is 4.82. The first-order valence-corrected chi connectivity index (χ1v) is 7.14. The van der Waals surface area contributed by atoms with Gasteiger partial charge in [-0.05, 0) is 30.3 Å². The van der Waals surface area contributed by atoms with Gasteiger partial charge in [-0.25, -0.2) is 0 Å². The van der Waals surface area contributed by atoms with Gasteiger partial charge in [-0.2, -0.15) is 4.98 Å². The topological polar surface area (TPSA) is 69.4 Å². The van der Waals surface area contributed by atoms with E-state index in [4.69, 9.17) is 14.0 Å². The van der Waals surface area contributed by atoms with Crippen molar-refractivity contribution in [3.63, 3.8) is 0 Å². The normalized spacial score (nSPS) is 10.3. The summed E-state index contributed by atoms with van der Waals surface area (Å²) in [6, 6.07) is 15.6.